The first-order valence-electron chi connectivity index (χ1n) is 11.9. The summed E-state index contributed by atoms with van der Waals surface area (Å²) in [7, 11) is 0. The molecule has 4 N–H and O–H groups in total. The fourth-order valence-corrected chi connectivity index (χ4v) is 5.88. The molecule has 36 heavy (non-hydrogen) atoms. The van der Waals surface area contributed by atoms with Gasteiger partial charge in [-0.25, -0.2) is 15.5 Å². The summed E-state index contributed by atoms with van der Waals surface area (Å²) in [6.07, 6.45) is 2.59. The van der Waals surface area contributed by atoms with Gasteiger partial charge in [-0.3, -0.25) is 4.79 Å². The summed E-state index contributed by atoms with van der Waals surface area (Å²) in [5.74, 6) is 4.87. The molecule has 2 aromatic rings. The van der Waals surface area contributed by atoms with Crippen molar-refractivity contribution in [1.82, 2.24) is 0 Å². The van der Waals surface area contributed by atoms with Gasteiger partial charge >= 0.3 is 0 Å². The van der Waals surface area contributed by atoms with E-state index in [1.807, 2.05) is 30.3 Å². The highest BCUT2D eigenvalue weighted by atomic mass is 19.1. The molecule has 0 bridgehead atoms. The van der Waals surface area contributed by atoms with Crippen molar-refractivity contribution in [3.05, 3.63) is 66.0 Å². The van der Waals surface area contributed by atoms with Gasteiger partial charge in [-0.15, -0.1) is 0 Å². The molecule has 2 atom stereocenters. The zero-order valence-electron chi connectivity index (χ0n) is 19.8. The Labute approximate surface area is 208 Å². The molecule has 2 saturated carbocycles. The summed E-state index contributed by atoms with van der Waals surface area (Å²) in [5.41, 5.74) is 14.1. The number of nitrogens with one attached hydrogen (secondary N) is 2. The van der Waals surface area contributed by atoms with Crippen LogP contribution in [0.2, 0.25) is 0 Å². The number of hydrogen-bond donors (Lipinski definition) is 3. The van der Waals surface area contributed by atoms with Gasteiger partial charge in [0.15, 0.2) is 5.78 Å². The van der Waals surface area contributed by atoms with E-state index in [-0.39, 0.29) is 36.8 Å². The fourth-order valence-electron chi connectivity index (χ4n) is 5.88. The van der Waals surface area contributed by atoms with Gasteiger partial charge in [0.2, 0.25) is 0 Å². The highest BCUT2D eigenvalue weighted by molar-refractivity contribution is 6.44. The minimum absolute atomic E-state index is 0.0659. The molecule has 9 nitrogen and oxygen atoms in total. The number of nitrogens with zero attached hydrogens (tertiary/aromatic N) is 3. The molecule has 0 aromatic heterocycles. The summed E-state index contributed by atoms with van der Waals surface area (Å²) >= 11 is 0. The average molecular weight is 493 g/mol. The Morgan fingerprint density at radius 3 is 2.25 bits per heavy atom. The van der Waals surface area contributed by atoms with Gasteiger partial charge in [0.25, 0.3) is 0 Å². The molecule has 0 radical (unpaired) electrons. The Morgan fingerprint density at radius 1 is 1.03 bits per heavy atom. The van der Waals surface area contributed by atoms with Gasteiger partial charge in [-0.05, 0) is 61.9 Å². The molecular weight excluding hydrogens is 463 g/mol. The largest absolute Gasteiger partial charge is 0.493 e. The molecule has 2 fully saturated rings. The zero-order chi connectivity index (χ0) is 25.8. The fraction of sp³-hybridized carbons (Fsp3) is 0.423. The predicted octanol–water partition coefficient (Wildman–Crippen LogP) is 4.95. The van der Waals surface area contributed by atoms with E-state index in [0.717, 1.165) is 11.8 Å². The van der Waals surface area contributed by atoms with Crippen molar-refractivity contribution in [1.29, 1.82) is 11.1 Å². The highest BCUT2D eigenvalue weighted by Crippen LogP contribution is 2.61. The number of nitrogens with two attached hydrogens (primary N) is 1. The van der Waals surface area contributed by atoms with Crippen LogP contribution in [0.3, 0.4) is 0 Å². The number of hydrazone groups is 1. The maximum absolute atomic E-state index is 13.6. The number of Topliss-reactive ketones (excluding diaryl/α,β-unsaturated/α-hetero) is 1. The van der Waals surface area contributed by atoms with E-state index in [0.29, 0.717) is 31.4 Å². The van der Waals surface area contributed by atoms with E-state index in [4.69, 9.17) is 21.6 Å². The van der Waals surface area contributed by atoms with Crippen LogP contribution in [-0.2, 0) is 15.1 Å². The second-order valence-corrected chi connectivity index (χ2v) is 9.70. The van der Waals surface area contributed by atoms with Crippen LogP contribution >= 0.6 is 0 Å². The van der Waals surface area contributed by atoms with Gasteiger partial charge in [0.1, 0.15) is 29.1 Å². The molecule has 0 heterocycles. The van der Waals surface area contributed by atoms with E-state index in [1.54, 1.807) is 0 Å². The molecule has 2 unspecified atom stereocenters. The maximum Gasteiger partial charge on any atom is 0.187 e. The molecule has 2 aromatic carbocycles. The van der Waals surface area contributed by atoms with E-state index in [1.165, 1.54) is 24.3 Å². The predicted molar refractivity (Wildman–Crippen MR) is 129 cm³/mol. The Hall–Kier alpha value is -3.82. The normalized spacial score (nSPS) is 29.7. The minimum atomic E-state index is -1.13. The van der Waals surface area contributed by atoms with Crippen molar-refractivity contribution >= 4 is 17.8 Å². The van der Waals surface area contributed by atoms with Crippen LogP contribution in [0.4, 0.5) is 4.39 Å². The van der Waals surface area contributed by atoms with Gasteiger partial charge < -0.3 is 15.4 Å². The third-order valence-corrected chi connectivity index (χ3v) is 7.89. The summed E-state index contributed by atoms with van der Waals surface area (Å²) in [6.45, 7) is 0.0659. The Morgan fingerprint density at radius 2 is 1.69 bits per heavy atom. The smallest absolute Gasteiger partial charge is 0.187 e. The number of ether oxygens (including phenoxy) is 1. The number of benzene rings is 2. The van der Waals surface area contributed by atoms with E-state index >= 15 is 0 Å². The van der Waals surface area contributed by atoms with Crippen molar-refractivity contribution in [3.63, 3.8) is 0 Å². The molecule has 0 saturated heterocycles. The zero-order valence-corrected chi connectivity index (χ0v) is 19.8. The summed E-state index contributed by atoms with van der Waals surface area (Å²) in [6, 6.07) is 14.8. The summed E-state index contributed by atoms with van der Waals surface area (Å²) < 4.78 is 18.8. The van der Waals surface area contributed by atoms with Crippen LogP contribution in [-0.4, -0.2) is 29.9 Å². The second-order valence-electron chi connectivity index (χ2n) is 9.70. The second kappa shape index (κ2) is 10.0. The first kappa shape index (κ1) is 25.3. The Kier molecular flexibility index (Phi) is 7.05. The Balaban J connectivity index is 1.56. The third-order valence-electron chi connectivity index (χ3n) is 7.89. The van der Waals surface area contributed by atoms with E-state index in [2.05, 4.69) is 15.3 Å². The highest BCUT2D eigenvalue weighted by Gasteiger charge is 2.66. The van der Waals surface area contributed by atoms with E-state index < -0.39 is 22.4 Å². The van der Waals surface area contributed by atoms with Gasteiger partial charge in [-0.2, -0.15) is 15.3 Å². The molecule has 4 rings (SSSR count). The van der Waals surface area contributed by atoms with Crippen LogP contribution in [0.25, 0.3) is 0 Å². The van der Waals surface area contributed by atoms with Crippen LogP contribution in [0, 0.1) is 28.2 Å². The van der Waals surface area contributed by atoms with Crippen molar-refractivity contribution in [2.45, 2.75) is 49.6 Å². The summed E-state index contributed by atoms with van der Waals surface area (Å²) in [4.78, 5) is 25.5. The number of aldehydes is 1. The number of carbonyl (C=O) groups excluding carboxylic acids is 2. The molecule has 1 spiro atoms. The molecule has 0 amide bonds. The van der Waals surface area contributed by atoms with Crippen molar-refractivity contribution in [3.8, 4) is 5.75 Å². The van der Waals surface area contributed by atoms with Crippen LogP contribution < -0.4 is 10.6 Å². The van der Waals surface area contributed by atoms with Gasteiger partial charge in [-0.1, -0.05) is 30.3 Å². The minimum Gasteiger partial charge on any atom is -0.493 e. The lowest BCUT2D eigenvalue weighted by Gasteiger charge is -2.48. The van der Waals surface area contributed by atoms with Crippen LogP contribution in [0.1, 0.15) is 44.1 Å². The number of rotatable bonds is 9. The maximum atomic E-state index is 13.6. The standard InChI is InChI=1S/C26H29FN6O3/c27-20-6-8-21(9-7-20)36-17-18(16-34)14-24(32-29)10-12-25(13-11-24)23(35)22(31-28)15-26(25,33-30)19-4-2-1-3-5-19/h1-9,16,18,29-30H,10-15,17,28H2. The molecule has 2 aliphatic rings. The van der Waals surface area contributed by atoms with Crippen LogP contribution in [0.5, 0.6) is 5.75 Å². The van der Waals surface area contributed by atoms with Crippen molar-refractivity contribution < 1.29 is 18.7 Å². The molecular formula is C26H29FN6O3. The molecule has 0 aliphatic heterocycles. The average Bonchev–Trinajstić information content (AvgIpc) is 3.17. The number of ketones is 1. The lowest BCUT2D eigenvalue weighted by atomic mass is 9.57. The van der Waals surface area contributed by atoms with Crippen molar-refractivity contribution in [2.24, 2.45) is 32.5 Å². The summed E-state index contributed by atoms with van der Waals surface area (Å²) in [5, 5.41) is 11.7. The third kappa shape index (κ3) is 4.20. The molecule has 188 valence electrons. The topological polar surface area (TPSA) is 154 Å². The Bertz CT molecular complexity index is 1160. The van der Waals surface area contributed by atoms with Crippen LogP contribution in [0.15, 0.2) is 69.9 Å². The van der Waals surface area contributed by atoms with Crippen molar-refractivity contribution in [2.75, 3.05) is 6.61 Å². The SMILES string of the molecule is N=NC1(CC(C=O)COc2ccc(F)cc2)CCC2(CC1)C(=O)C(=NN)CC2(N=N)c1ccccc1. The lowest BCUT2D eigenvalue weighted by Crippen LogP contribution is -2.50. The first-order valence-corrected chi connectivity index (χ1v) is 11.9. The number of carbonyl (C=O) groups is 2. The molecule has 10 heteroatoms. The number of hydrogen-bond acceptors (Lipinski definition) is 9. The molecule has 2 aliphatic carbocycles. The number of halogens is 1. The lowest BCUT2D eigenvalue weighted by molar-refractivity contribution is -0.127. The van der Waals surface area contributed by atoms with E-state index in [9.17, 15) is 14.0 Å². The van der Waals surface area contributed by atoms with Gasteiger partial charge in [0, 0.05) is 6.42 Å². The first-order chi connectivity index (χ1) is 17.4. The monoisotopic (exact) mass is 492 g/mol. The van der Waals surface area contributed by atoms with Gasteiger partial charge in [0.05, 0.1) is 23.5 Å². The quantitative estimate of drug-likeness (QED) is 0.196.